The quantitative estimate of drug-likeness (QED) is 0.711. The van der Waals surface area contributed by atoms with E-state index in [2.05, 4.69) is 37.2 Å². The largest absolute Gasteiger partial charge is 0.507 e. The molecule has 0 fully saturated rings. The molecule has 0 atom stereocenters. The lowest BCUT2D eigenvalue weighted by molar-refractivity contribution is 0.0693. The number of amides is 1. The highest BCUT2D eigenvalue weighted by Crippen LogP contribution is 2.25. The van der Waals surface area contributed by atoms with Crippen molar-refractivity contribution in [3.05, 3.63) is 56.5 Å². The van der Waals surface area contributed by atoms with Gasteiger partial charge in [-0.1, -0.05) is 15.9 Å². The van der Waals surface area contributed by atoms with Crippen LogP contribution in [0.5, 0.6) is 5.75 Å². The third kappa shape index (κ3) is 3.62. The molecule has 3 N–H and O–H groups in total. The molecule has 0 aliphatic heterocycles. The van der Waals surface area contributed by atoms with Crippen molar-refractivity contribution in [1.29, 1.82) is 0 Å². The van der Waals surface area contributed by atoms with Crippen molar-refractivity contribution in [2.24, 2.45) is 0 Å². The van der Waals surface area contributed by atoms with Gasteiger partial charge in [0.15, 0.2) is 0 Å². The van der Waals surface area contributed by atoms with Gasteiger partial charge >= 0.3 is 5.97 Å². The molecule has 0 saturated carbocycles. The van der Waals surface area contributed by atoms with Crippen molar-refractivity contribution in [2.75, 3.05) is 5.32 Å². The molecular formula is C14H9Br2NO4. The summed E-state index contributed by atoms with van der Waals surface area (Å²) in [6.45, 7) is 0. The number of carboxylic acids is 1. The molecule has 0 aliphatic rings. The Labute approximate surface area is 136 Å². The fraction of sp³-hybridized carbons (Fsp3) is 0. The summed E-state index contributed by atoms with van der Waals surface area (Å²) in [7, 11) is 0. The highest BCUT2D eigenvalue weighted by molar-refractivity contribution is 9.11. The monoisotopic (exact) mass is 413 g/mol. The van der Waals surface area contributed by atoms with Gasteiger partial charge in [0.05, 0.1) is 5.56 Å². The molecule has 108 valence electrons. The lowest BCUT2D eigenvalue weighted by Crippen LogP contribution is -2.12. The van der Waals surface area contributed by atoms with Crippen LogP contribution in [0.4, 0.5) is 5.69 Å². The Hall–Kier alpha value is -1.86. The maximum atomic E-state index is 12.2. The number of hydrogen-bond donors (Lipinski definition) is 3. The highest BCUT2D eigenvalue weighted by atomic mass is 79.9. The smallest absolute Gasteiger partial charge is 0.339 e. The van der Waals surface area contributed by atoms with E-state index in [0.29, 0.717) is 15.7 Å². The molecule has 0 aromatic heterocycles. The van der Waals surface area contributed by atoms with Crippen LogP contribution in [-0.2, 0) is 0 Å². The van der Waals surface area contributed by atoms with Crippen LogP contribution in [0.25, 0.3) is 0 Å². The molecule has 0 spiro atoms. The Balaban J connectivity index is 2.26. The number of benzene rings is 2. The SMILES string of the molecule is O=C(O)c1ccc(NC(=O)c2cc(Br)ccc2Br)cc1O. The predicted octanol–water partition coefficient (Wildman–Crippen LogP) is 3.87. The zero-order valence-electron chi connectivity index (χ0n) is 10.4. The number of halogens is 2. The van der Waals surface area contributed by atoms with Crippen molar-refractivity contribution in [3.63, 3.8) is 0 Å². The molecule has 0 saturated heterocycles. The van der Waals surface area contributed by atoms with Crippen molar-refractivity contribution in [1.82, 2.24) is 0 Å². The van der Waals surface area contributed by atoms with E-state index in [1.165, 1.54) is 18.2 Å². The van der Waals surface area contributed by atoms with Crippen LogP contribution in [0.15, 0.2) is 45.3 Å². The number of hydrogen-bond acceptors (Lipinski definition) is 3. The number of anilines is 1. The molecule has 7 heteroatoms. The van der Waals surface area contributed by atoms with Crippen LogP contribution >= 0.6 is 31.9 Å². The fourth-order valence-corrected chi connectivity index (χ4v) is 2.45. The number of nitrogens with one attached hydrogen (secondary N) is 1. The van der Waals surface area contributed by atoms with E-state index in [4.69, 9.17) is 5.11 Å². The van der Waals surface area contributed by atoms with Crippen molar-refractivity contribution >= 4 is 49.4 Å². The second-order valence-corrected chi connectivity index (χ2v) is 5.89. The average molecular weight is 415 g/mol. The zero-order valence-corrected chi connectivity index (χ0v) is 13.6. The lowest BCUT2D eigenvalue weighted by atomic mass is 10.1. The third-order valence-electron chi connectivity index (χ3n) is 2.66. The number of rotatable bonds is 3. The fourth-order valence-electron chi connectivity index (χ4n) is 1.66. The van der Waals surface area contributed by atoms with Gasteiger partial charge in [-0.3, -0.25) is 4.79 Å². The maximum absolute atomic E-state index is 12.2. The molecule has 0 bridgehead atoms. The van der Waals surface area contributed by atoms with E-state index in [1.54, 1.807) is 18.2 Å². The van der Waals surface area contributed by atoms with Gasteiger partial charge in [-0.15, -0.1) is 0 Å². The van der Waals surface area contributed by atoms with E-state index >= 15 is 0 Å². The van der Waals surface area contributed by atoms with Crippen molar-refractivity contribution in [2.45, 2.75) is 0 Å². The Bertz CT molecular complexity index is 731. The Morgan fingerprint density at radius 1 is 1.00 bits per heavy atom. The minimum Gasteiger partial charge on any atom is -0.507 e. The summed E-state index contributed by atoms with van der Waals surface area (Å²) < 4.78 is 1.37. The number of aromatic hydroxyl groups is 1. The molecule has 0 aliphatic carbocycles. The summed E-state index contributed by atoms with van der Waals surface area (Å²) in [6.07, 6.45) is 0. The van der Waals surface area contributed by atoms with Crippen LogP contribution in [0.2, 0.25) is 0 Å². The first-order valence-electron chi connectivity index (χ1n) is 5.71. The Morgan fingerprint density at radius 2 is 1.71 bits per heavy atom. The van der Waals surface area contributed by atoms with Gasteiger partial charge in [0.1, 0.15) is 11.3 Å². The van der Waals surface area contributed by atoms with Crippen LogP contribution < -0.4 is 5.32 Å². The first-order chi connectivity index (χ1) is 9.88. The Morgan fingerprint density at radius 3 is 2.33 bits per heavy atom. The van der Waals surface area contributed by atoms with Crippen LogP contribution in [0.1, 0.15) is 20.7 Å². The van der Waals surface area contributed by atoms with Gasteiger partial charge in [0.25, 0.3) is 5.91 Å². The molecular weight excluding hydrogens is 406 g/mol. The minimum absolute atomic E-state index is 0.225. The standard InChI is InChI=1S/C14H9Br2NO4/c15-7-1-4-11(16)10(5-7)13(19)17-8-2-3-9(14(20)21)12(18)6-8/h1-6,18H,(H,17,19)(H,20,21). The van der Waals surface area contributed by atoms with Gasteiger partial charge in [-0.2, -0.15) is 0 Å². The number of carboxylic acid groups (broad SMARTS) is 1. The maximum Gasteiger partial charge on any atom is 0.339 e. The molecule has 0 radical (unpaired) electrons. The molecule has 0 unspecified atom stereocenters. The molecule has 1 amide bonds. The average Bonchev–Trinajstić information content (AvgIpc) is 2.41. The summed E-state index contributed by atoms with van der Waals surface area (Å²) in [6, 6.07) is 8.98. The van der Waals surface area contributed by atoms with Gasteiger partial charge in [-0.05, 0) is 46.3 Å². The molecule has 2 rings (SSSR count). The molecule has 2 aromatic rings. The third-order valence-corrected chi connectivity index (χ3v) is 3.84. The first-order valence-corrected chi connectivity index (χ1v) is 7.30. The molecule has 2 aromatic carbocycles. The second kappa shape index (κ2) is 6.28. The van der Waals surface area contributed by atoms with E-state index in [-0.39, 0.29) is 11.5 Å². The van der Waals surface area contributed by atoms with Crippen LogP contribution in [0, 0.1) is 0 Å². The van der Waals surface area contributed by atoms with E-state index < -0.39 is 11.7 Å². The van der Waals surface area contributed by atoms with E-state index in [1.807, 2.05) is 0 Å². The van der Waals surface area contributed by atoms with Crippen molar-refractivity contribution < 1.29 is 19.8 Å². The summed E-state index contributed by atoms with van der Waals surface area (Å²) in [5, 5.41) is 21.0. The summed E-state index contributed by atoms with van der Waals surface area (Å²) in [5.74, 6) is -2.03. The van der Waals surface area contributed by atoms with Gasteiger partial charge in [0.2, 0.25) is 0 Å². The molecule has 5 nitrogen and oxygen atoms in total. The number of phenols is 1. The molecule has 0 heterocycles. The number of aromatic carboxylic acids is 1. The van der Waals surface area contributed by atoms with E-state index in [9.17, 15) is 14.7 Å². The summed E-state index contributed by atoms with van der Waals surface area (Å²) >= 11 is 6.56. The van der Waals surface area contributed by atoms with Crippen LogP contribution in [-0.4, -0.2) is 22.1 Å². The minimum atomic E-state index is -1.24. The van der Waals surface area contributed by atoms with Gasteiger partial charge in [-0.25, -0.2) is 4.79 Å². The van der Waals surface area contributed by atoms with Gasteiger partial charge in [0, 0.05) is 20.7 Å². The second-order valence-electron chi connectivity index (χ2n) is 4.12. The number of carbonyl (C=O) groups is 2. The highest BCUT2D eigenvalue weighted by Gasteiger charge is 2.13. The first kappa shape index (κ1) is 15.5. The normalized spacial score (nSPS) is 10.2. The van der Waals surface area contributed by atoms with Gasteiger partial charge < -0.3 is 15.5 Å². The summed E-state index contributed by atoms with van der Waals surface area (Å²) in [4.78, 5) is 23.0. The topological polar surface area (TPSA) is 86.6 Å². The lowest BCUT2D eigenvalue weighted by Gasteiger charge is -2.08. The zero-order chi connectivity index (χ0) is 15.6. The Kier molecular flexibility index (Phi) is 4.64. The summed E-state index contributed by atoms with van der Waals surface area (Å²) in [5.41, 5.74) is 0.484. The predicted molar refractivity (Wildman–Crippen MR) is 84.9 cm³/mol. The van der Waals surface area contributed by atoms with Crippen molar-refractivity contribution in [3.8, 4) is 5.75 Å². The molecule has 21 heavy (non-hydrogen) atoms. The van der Waals surface area contributed by atoms with E-state index in [0.717, 1.165) is 4.47 Å². The number of carbonyl (C=O) groups excluding carboxylic acids is 1. The van der Waals surface area contributed by atoms with Crippen LogP contribution in [0.3, 0.4) is 0 Å².